The van der Waals surface area contributed by atoms with Crippen LogP contribution in [0.15, 0.2) is 24.4 Å². The molecule has 29 heavy (non-hydrogen) atoms. The minimum atomic E-state index is 0.549. The second-order valence-electron chi connectivity index (χ2n) is 7.07. The van der Waals surface area contributed by atoms with E-state index < -0.39 is 0 Å². The summed E-state index contributed by atoms with van der Waals surface area (Å²) < 4.78 is 1.71. The first-order chi connectivity index (χ1) is 14.0. The Morgan fingerprint density at radius 3 is 2.21 bits per heavy atom. The molecule has 0 bridgehead atoms. The third kappa shape index (κ3) is 3.61. The van der Waals surface area contributed by atoms with Crippen LogP contribution in [0.4, 0.5) is 11.6 Å². The van der Waals surface area contributed by atoms with Crippen LogP contribution in [0.2, 0.25) is 5.02 Å². The molecule has 1 saturated heterocycles. The lowest BCUT2D eigenvalue weighted by molar-refractivity contribution is 0.635. The molecule has 0 unspecified atom stereocenters. The largest absolute Gasteiger partial charge is 0.352 e. The van der Waals surface area contributed by atoms with Crippen LogP contribution in [0.3, 0.4) is 0 Å². The van der Waals surface area contributed by atoms with Crippen LogP contribution in [-0.2, 0) is 0 Å². The van der Waals surface area contributed by atoms with Crippen LogP contribution < -0.4 is 9.80 Å². The molecule has 3 aromatic heterocycles. The maximum atomic E-state index is 9.59. The van der Waals surface area contributed by atoms with Gasteiger partial charge >= 0.3 is 0 Å². The summed E-state index contributed by atoms with van der Waals surface area (Å²) >= 11 is 6.27. The summed E-state index contributed by atoms with van der Waals surface area (Å²) in [5, 5.41) is 23.2. The average Bonchev–Trinajstić information content (AvgIpc) is 3.18. The highest BCUT2D eigenvalue weighted by molar-refractivity contribution is 6.32. The van der Waals surface area contributed by atoms with Gasteiger partial charge in [0.2, 0.25) is 0 Å². The smallest absolute Gasteiger partial charge is 0.175 e. The normalized spacial score (nSPS) is 14.2. The minimum Gasteiger partial charge on any atom is -0.352 e. The SMILES string of the molecule is Cc1ccn(-c2ccc(N3CCN(c4nc(C)c(Cl)c(C)c4C#N)CC3)nn2)n1. The van der Waals surface area contributed by atoms with Gasteiger partial charge in [-0.3, -0.25) is 0 Å². The van der Waals surface area contributed by atoms with Crippen molar-refractivity contribution in [3.8, 4) is 11.9 Å². The zero-order valence-corrected chi connectivity index (χ0v) is 17.3. The molecule has 1 aliphatic rings. The summed E-state index contributed by atoms with van der Waals surface area (Å²) in [5.74, 6) is 2.23. The molecule has 0 saturated carbocycles. The average molecular weight is 409 g/mol. The molecule has 1 aliphatic heterocycles. The van der Waals surface area contributed by atoms with Gasteiger partial charge in [-0.25, -0.2) is 9.67 Å². The molecule has 4 rings (SSSR count). The minimum absolute atomic E-state index is 0.549. The topological polar surface area (TPSA) is 86.8 Å². The molecular formula is C20H21ClN8. The van der Waals surface area contributed by atoms with E-state index in [9.17, 15) is 5.26 Å². The fourth-order valence-corrected chi connectivity index (χ4v) is 3.61. The fraction of sp³-hybridized carbons (Fsp3) is 0.350. The lowest BCUT2D eigenvalue weighted by Crippen LogP contribution is -2.47. The quantitative estimate of drug-likeness (QED) is 0.658. The van der Waals surface area contributed by atoms with Crippen molar-refractivity contribution >= 4 is 23.2 Å². The van der Waals surface area contributed by atoms with E-state index in [2.05, 4.69) is 36.1 Å². The number of pyridine rings is 1. The molecular weight excluding hydrogens is 388 g/mol. The lowest BCUT2D eigenvalue weighted by Gasteiger charge is -2.36. The third-order valence-electron chi connectivity index (χ3n) is 5.13. The van der Waals surface area contributed by atoms with Crippen LogP contribution in [0.5, 0.6) is 0 Å². The maximum absolute atomic E-state index is 9.59. The van der Waals surface area contributed by atoms with Crippen molar-refractivity contribution in [1.29, 1.82) is 5.26 Å². The summed E-state index contributed by atoms with van der Waals surface area (Å²) in [6, 6.07) is 8.07. The van der Waals surface area contributed by atoms with Crippen LogP contribution in [0, 0.1) is 32.1 Å². The van der Waals surface area contributed by atoms with Gasteiger partial charge in [-0.1, -0.05) is 11.6 Å². The predicted molar refractivity (Wildman–Crippen MR) is 112 cm³/mol. The summed E-state index contributed by atoms with van der Waals surface area (Å²) in [6.45, 7) is 8.69. The Hall–Kier alpha value is -3.18. The second-order valence-corrected chi connectivity index (χ2v) is 7.45. The number of hydrogen-bond acceptors (Lipinski definition) is 7. The maximum Gasteiger partial charge on any atom is 0.175 e. The van der Waals surface area contributed by atoms with Gasteiger partial charge in [-0.2, -0.15) is 10.4 Å². The molecule has 8 nitrogen and oxygen atoms in total. The van der Waals surface area contributed by atoms with Crippen molar-refractivity contribution < 1.29 is 0 Å². The zero-order valence-electron chi connectivity index (χ0n) is 16.6. The molecule has 0 spiro atoms. The van der Waals surface area contributed by atoms with Crippen molar-refractivity contribution in [3.63, 3.8) is 0 Å². The van der Waals surface area contributed by atoms with Crippen LogP contribution >= 0.6 is 11.6 Å². The highest BCUT2D eigenvalue weighted by Gasteiger charge is 2.24. The van der Waals surface area contributed by atoms with E-state index in [1.807, 2.05) is 45.2 Å². The Kier molecular flexibility index (Phi) is 5.07. The highest BCUT2D eigenvalue weighted by atomic mass is 35.5. The van der Waals surface area contributed by atoms with Crippen LogP contribution in [-0.4, -0.2) is 51.1 Å². The zero-order chi connectivity index (χ0) is 20.5. The van der Waals surface area contributed by atoms with Gasteiger partial charge in [-0.15, -0.1) is 10.2 Å². The number of hydrogen-bond donors (Lipinski definition) is 0. The predicted octanol–water partition coefficient (Wildman–Crippen LogP) is 2.83. The number of anilines is 2. The van der Waals surface area contributed by atoms with E-state index in [-0.39, 0.29) is 0 Å². The Morgan fingerprint density at radius 1 is 0.966 bits per heavy atom. The second kappa shape index (κ2) is 7.68. The van der Waals surface area contributed by atoms with Gasteiger partial charge in [0.25, 0.3) is 0 Å². The molecule has 0 aliphatic carbocycles. The van der Waals surface area contributed by atoms with E-state index in [1.165, 1.54) is 0 Å². The van der Waals surface area contributed by atoms with E-state index in [0.29, 0.717) is 22.2 Å². The van der Waals surface area contributed by atoms with Gasteiger partial charge in [0.15, 0.2) is 11.6 Å². The molecule has 3 aromatic rings. The number of piperazine rings is 1. The van der Waals surface area contributed by atoms with E-state index in [1.54, 1.807) is 4.68 Å². The third-order valence-corrected chi connectivity index (χ3v) is 5.68. The lowest BCUT2D eigenvalue weighted by atomic mass is 10.1. The van der Waals surface area contributed by atoms with Gasteiger partial charge in [0, 0.05) is 32.4 Å². The van der Waals surface area contributed by atoms with Gasteiger partial charge in [0.1, 0.15) is 11.9 Å². The Balaban J connectivity index is 1.48. The summed E-state index contributed by atoms with van der Waals surface area (Å²) in [6.07, 6.45) is 1.87. The number of nitrogens with zero attached hydrogens (tertiary/aromatic N) is 8. The number of aryl methyl sites for hydroxylation is 2. The Morgan fingerprint density at radius 2 is 1.62 bits per heavy atom. The number of aromatic nitrogens is 5. The molecule has 0 amide bonds. The standard InChI is InChI=1S/C20H21ClN8/c1-13-6-7-29(26-13)18-5-4-17(24-25-18)27-8-10-28(11-9-27)20-16(12-22)14(2)19(21)15(3)23-20/h4-7H,8-11H2,1-3H3. The van der Waals surface area contributed by atoms with E-state index >= 15 is 0 Å². The summed E-state index contributed by atoms with van der Waals surface area (Å²) in [5.41, 5.74) is 3.02. The van der Waals surface area contributed by atoms with Crippen molar-refractivity contribution in [2.24, 2.45) is 0 Å². The number of nitriles is 1. The molecule has 9 heteroatoms. The first kappa shape index (κ1) is 19.2. The fourth-order valence-electron chi connectivity index (χ4n) is 3.47. The van der Waals surface area contributed by atoms with E-state index in [4.69, 9.17) is 11.6 Å². The van der Waals surface area contributed by atoms with Crippen LogP contribution in [0.25, 0.3) is 5.82 Å². The van der Waals surface area contributed by atoms with Crippen molar-refractivity contribution in [2.75, 3.05) is 36.0 Å². The summed E-state index contributed by atoms with van der Waals surface area (Å²) in [7, 11) is 0. The van der Waals surface area contributed by atoms with Crippen molar-refractivity contribution in [1.82, 2.24) is 25.0 Å². The molecule has 0 radical (unpaired) electrons. The van der Waals surface area contributed by atoms with Crippen molar-refractivity contribution in [3.05, 3.63) is 51.9 Å². The molecule has 0 aromatic carbocycles. The van der Waals surface area contributed by atoms with Gasteiger partial charge < -0.3 is 9.80 Å². The Bertz CT molecular complexity index is 1080. The molecule has 4 heterocycles. The molecule has 0 atom stereocenters. The Labute approximate surface area is 174 Å². The van der Waals surface area contributed by atoms with Crippen molar-refractivity contribution in [2.45, 2.75) is 20.8 Å². The summed E-state index contributed by atoms with van der Waals surface area (Å²) in [4.78, 5) is 8.91. The highest BCUT2D eigenvalue weighted by Crippen LogP contribution is 2.29. The molecule has 1 fully saturated rings. The number of rotatable bonds is 3. The monoisotopic (exact) mass is 408 g/mol. The van der Waals surface area contributed by atoms with Crippen LogP contribution in [0.1, 0.15) is 22.5 Å². The first-order valence-electron chi connectivity index (χ1n) is 9.41. The molecule has 148 valence electrons. The molecule has 0 N–H and O–H groups in total. The number of halogens is 1. The first-order valence-corrected chi connectivity index (χ1v) is 9.79. The van der Waals surface area contributed by atoms with Gasteiger partial charge in [0.05, 0.1) is 22.0 Å². The van der Waals surface area contributed by atoms with Gasteiger partial charge in [-0.05, 0) is 44.5 Å². The van der Waals surface area contributed by atoms with E-state index in [0.717, 1.165) is 48.9 Å².